The van der Waals surface area contributed by atoms with Gasteiger partial charge in [-0.2, -0.15) is 0 Å². The minimum atomic E-state index is -0.530. The summed E-state index contributed by atoms with van der Waals surface area (Å²) in [5, 5.41) is 5.97. The summed E-state index contributed by atoms with van der Waals surface area (Å²) in [5.41, 5.74) is -0.530. The molecule has 1 aliphatic rings. The number of carbonyl (C=O) groups excluding carboxylic acids is 2. The van der Waals surface area contributed by atoms with E-state index in [-0.39, 0.29) is 11.8 Å². The average Bonchev–Trinajstić information content (AvgIpc) is 2.45. The highest BCUT2D eigenvalue weighted by molar-refractivity contribution is 5.85. The number of nitrogens with zero attached hydrogens (tertiary/aromatic N) is 2. The first kappa shape index (κ1) is 17.7. The predicted molar refractivity (Wildman–Crippen MR) is 84.0 cm³/mol. The molecule has 1 aliphatic heterocycles. The van der Waals surface area contributed by atoms with Gasteiger partial charge in [0.1, 0.15) is 0 Å². The van der Waals surface area contributed by atoms with E-state index in [9.17, 15) is 9.59 Å². The molecule has 6 heteroatoms. The Morgan fingerprint density at radius 3 is 2.38 bits per heavy atom. The van der Waals surface area contributed by atoms with E-state index in [4.69, 9.17) is 0 Å². The van der Waals surface area contributed by atoms with Crippen LogP contribution in [0.3, 0.4) is 0 Å². The van der Waals surface area contributed by atoms with Crippen molar-refractivity contribution >= 4 is 11.8 Å². The summed E-state index contributed by atoms with van der Waals surface area (Å²) in [6, 6.07) is 0. The van der Waals surface area contributed by atoms with E-state index in [1.54, 1.807) is 6.08 Å². The van der Waals surface area contributed by atoms with Crippen LogP contribution in [0.4, 0.5) is 0 Å². The van der Waals surface area contributed by atoms with Crippen LogP contribution in [0.15, 0.2) is 12.7 Å². The minimum absolute atomic E-state index is 0.00246. The normalized spacial score (nSPS) is 16.6. The summed E-state index contributed by atoms with van der Waals surface area (Å²) >= 11 is 0. The van der Waals surface area contributed by atoms with Crippen LogP contribution in [-0.2, 0) is 9.59 Å². The molecule has 1 heterocycles. The molecule has 0 aliphatic carbocycles. The van der Waals surface area contributed by atoms with Gasteiger partial charge in [-0.25, -0.2) is 0 Å². The lowest BCUT2D eigenvalue weighted by Crippen LogP contribution is -2.59. The first-order valence-electron chi connectivity index (χ1n) is 7.55. The van der Waals surface area contributed by atoms with Gasteiger partial charge in [0.25, 0.3) is 0 Å². The van der Waals surface area contributed by atoms with Crippen molar-refractivity contribution < 1.29 is 9.59 Å². The van der Waals surface area contributed by atoms with Crippen molar-refractivity contribution in [1.82, 2.24) is 20.4 Å². The van der Waals surface area contributed by atoms with Gasteiger partial charge in [0.2, 0.25) is 11.8 Å². The number of hydrogen-bond acceptors (Lipinski definition) is 4. The molecule has 6 nitrogen and oxygen atoms in total. The minimum Gasteiger partial charge on any atom is -0.352 e. The van der Waals surface area contributed by atoms with Crippen molar-refractivity contribution in [2.75, 3.05) is 45.8 Å². The van der Waals surface area contributed by atoms with Gasteiger partial charge < -0.3 is 15.5 Å². The molecular formula is C15H28N4O2. The molecule has 120 valence electrons. The van der Waals surface area contributed by atoms with E-state index in [1.807, 2.05) is 25.7 Å². The summed E-state index contributed by atoms with van der Waals surface area (Å²) in [4.78, 5) is 28.0. The summed E-state index contributed by atoms with van der Waals surface area (Å²) in [7, 11) is 0. The molecule has 21 heavy (non-hydrogen) atoms. The number of carbonyl (C=O) groups is 2. The predicted octanol–water partition coefficient (Wildman–Crippen LogP) is -0.179. The van der Waals surface area contributed by atoms with Crippen molar-refractivity contribution in [1.29, 1.82) is 0 Å². The molecule has 0 aromatic rings. The lowest BCUT2D eigenvalue weighted by atomic mass is 10.0. The Hall–Kier alpha value is -1.40. The molecule has 1 saturated heterocycles. The van der Waals surface area contributed by atoms with E-state index >= 15 is 0 Å². The number of nitrogens with one attached hydrogen (secondary N) is 2. The van der Waals surface area contributed by atoms with Crippen molar-refractivity contribution in [3.05, 3.63) is 12.7 Å². The maximum Gasteiger partial charge on any atom is 0.242 e. The molecule has 0 atom stereocenters. The van der Waals surface area contributed by atoms with E-state index in [0.29, 0.717) is 26.2 Å². The van der Waals surface area contributed by atoms with Crippen LogP contribution < -0.4 is 10.6 Å². The molecule has 0 saturated carbocycles. The topological polar surface area (TPSA) is 64.7 Å². The summed E-state index contributed by atoms with van der Waals surface area (Å²) < 4.78 is 0. The first-order valence-corrected chi connectivity index (χ1v) is 7.55. The highest BCUT2D eigenvalue weighted by Crippen LogP contribution is 2.11. The van der Waals surface area contributed by atoms with Crippen molar-refractivity contribution in [3.63, 3.8) is 0 Å². The quantitative estimate of drug-likeness (QED) is 0.640. The fraction of sp³-hybridized carbons (Fsp3) is 0.733. The second kappa shape index (κ2) is 8.14. The van der Waals surface area contributed by atoms with E-state index in [0.717, 1.165) is 19.6 Å². The van der Waals surface area contributed by atoms with Crippen LogP contribution in [0.25, 0.3) is 0 Å². The van der Waals surface area contributed by atoms with Gasteiger partial charge in [-0.3, -0.25) is 14.5 Å². The smallest absolute Gasteiger partial charge is 0.242 e. The number of piperazine rings is 1. The van der Waals surface area contributed by atoms with E-state index < -0.39 is 5.54 Å². The molecule has 2 N–H and O–H groups in total. The molecule has 0 aromatic carbocycles. The van der Waals surface area contributed by atoms with Crippen LogP contribution in [0, 0.1) is 0 Å². The third-order valence-electron chi connectivity index (χ3n) is 3.62. The Kier molecular flexibility index (Phi) is 6.84. The summed E-state index contributed by atoms with van der Waals surface area (Å²) in [6.07, 6.45) is 1.66. The monoisotopic (exact) mass is 296 g/mol. The third-order valence-corrected chi connectivity index (χ3v) is 3.62. The van der Waals surface area contributed by atoms with Crippen LogP contribution in [0.5, 0.6) is 0 Å². The largest absolute Gasteiger partial charge is 0.352 e. The zero-order valence-corrected chi connectivity index (χ0v) is 13.4. The Morgan fingerprint density at radius 1 is 1.24 bits per heavy atom. The van der Waals surface area contributed by atoms with Crippen LogP contribution >= 0.6 is 0 Å². The van der Waals surface area contributed by atoms with Gasteiger partial charge in [-0.15, -0.1) is 6.58 Å². The zero-order valence-electron chi connectivity index (χ0n) is 13.4. The average molecular weight is 296 g/mol. The number of hydrogen-bond donors (Lipinski definition) is 2. The molecule has 0 unspecified atom stereocenters. The van der Waals surface area contributed by atoms with Gasteiger partial charge >= 0.3 is 0 Å². The van der Waals surface area contributed by atoms with Gasteiger partial charge in [0.05, 0.1) is 12.1 Å². The fourth-order valence-electron chi connectivity index (χ4n) is 2.47. The second-order valence-electron chi connectivity index (χ2n) is 5.82. The van der Waals surface area contributed by atoms with Crippen LogP contribution in [0.1, 0.15) is 20.8 Å². The summed E-state index contributed by atoms with van der Waals surface area (Å²) in [6.45, 7) is 13.8. The molecule has 1 fully saturated rings. The Morgan fingerprint density at radius 2 is 1.86 bits per heavy atom. The maximum absolute atomic E-state index is 12.4. The van der Waals surface area contributed by atoms with Crippen molar-refractivity contribution in [2.24, 2.45) is 0 Å². The van der Waals surface area contributed by atoms with Gasteiger partial charge in [-0.05, 0) is 20.4 Å². The second-order valence-corrected chi connectivity index (χ2v) is 5.82. The van der Waals surface area contributed by atoms with Crippen molar-refractivity contribution in [2.45, 2.75) is 26.3 Å². The molecule has 0 radical (unpaired) electrons. The number of likely N-dealkylation sites (N-methyl/N-ethyl adjacent to an activating group) is 1. The van der Waals surface area contributed by atoms with Gasteiger partial charge in [0, 0.05) is 32.7 Å². The molecule has 1 rings (SSSR count). The lowest BCUT2D eigenvalue weighted by Gasteiger charge is -2.38. The van der Waals surface area contributed by atoms with E-state index in [1.165, 1.54) is 0 Å². The SMILES string of the molecule is C=CCNC(=O)CN1CCN(C(=O)C(C)(C)NCC)CC1. The Labute approximate surface area is 127 Å². The molecule has 2 amide bonds. The number of amides is 2. The standard InChI is InChI=1S/C15H28N4O2/c1-5-7-16-13(20)12-18-8-10-19(11-9-18)14(21)15(3,4)17-6-2/h5,17H,1,6-12H2,2-4H3,(H,16,20). The highest BCUT2D eigenvalue weighted by Gasteiger charge is 2.32. The first-order chi connectivity index (χ1) is 9.90. The highest BCUT2D eigenvalue weighted by atomic mass is 16.2. The Bertz CT molecular complexity index is 374. The van der Waals surface area contributed by atoms with Gasteiger partial charge in [0.15, 0.2) is 0 Å². The molecule has 0 bridgehead atoms. The lowest BCUT2D eigenvalue weighted by molar-refractivity contribution is -0.139. The molecule has 0 spiro atoms. The number of rotatable bonds is 7. The zero-order chi connectivity index (χ0) is 15.9. The molecular weight excluding hydrogens is 268 g/mol. The molecule has 0 aromatic heterocycles. The van der Waals surface area contributed by atoms with Crippen LogP contribution in [0.2, 0.25) is 0 Å². The third kappa shape index (κ3) is 5.47. The van der Waals surface area contributed by atoms with Crippen LogP contribution in [-0.4, -0.2) is 73.0 Å². The fourth-order valence-corrected chi connectivity index (χ4v) is 2.47. The van der Waals surface area contributed by atoms with E-state index in [2.05, 4.69) is 22.1 Å². The maximum atomic E-state index is 12.4. The van der Waals surface area contributed by atoms with Crippen molar-refractivity contribution in [3.8, 4) is 0 Å². The Balaban J connectivity index is 2.39. The van der Waals surface area contributed by atoms with Gasteiger partial charge in [-0.1, -0.05) is 13.0 Å². The summed E-state index contributed by atoms with van der Waals surface area (Å²) in [5.74, 6) is 0.128.